The highest BCUT2D eigenvalue weighted by molar-refractivity contribution is 6.01. The molecule has 0 bridgehead atoms. The number of nitrogens with one attached hydrogen (secondary N) is 2. The quantitative estimate of drug-likeness (QED) is 0.612. The molecule has 0 saturated carbocycles. The van der Waals surface area contributed by atoms with Gasteiger partial charge in [0, 0.05) is 5.69 Å². The average molecular weight is 452 g/mol. The van der Waals surface area contributed by atoms with E-state index in [1.807, 2.05) is 35.2 Å². The molecule has 1 aliphatic heterocycles. The Hall–Kier alpha value is -2.89. The van der Waals surface area contributed by atoms with Crippen LogP contribution in [0.15, 0.2) is 60.7 Å². The molecule has 1 heterocycles. The number of halogens is 1. The fourth-order valence-electron chi connectivity index (χ4n) is 4.25. The average Bonchev–Trinajstić information content (AvgIpc) is 2.92. The lowest BCUT2D eigenvalue weighted by Crippen LogP contribution is -2.52. The number of amides is 2. The predicted octanol–water partition coefficient (Wildman–Crippen LogP) is 4.14. The number of benzene rings is 3. The highest BCUT2D eigenvalue weighted by Crippen LogP contribution is 2.31. The maximum atomic E-state index is 13.7. The molecule has 168 valence electrons. The van der Waals surface area contributed by atoms with Crippen LogP contribution in [0.3, 0.4) is 0 Å². The van der Waals surface area contributed by atoms with Crippen molar-refractivity contribution < 1.29 is 9.59 Å². The van der Waals surface area contributed by atoms with Gasteiger partial charge in [-0.3, -0.25) is 9.59 Å². The smallest absolute Gasteiger partial charge is 0.249 e. The second-order valence-electron chi connectivity index (χ2n) is 8.25. The largest absolute Gasteiger partial charge is 0.343 e. The van der Waals surface area contributed by atoms with Gasteiger partial charge in [-0.15, -0.1) is 12.4 Å². The lowest BCUT2D eigenvalue weighted by atomic mass is 9.99. The molecular weight excluding hydrogens is 422 g/mol. The molecule has 5 nitrogen and oxygen atoms in total. The Morgan fingerprint density at radius 1 is 1.09 bits per heavy atom. The lowest BCUT2D eigenvalue weighted by Gasteiger charge is -2.28. The summed E-state index contributed by atoms with van der Waals surface area (Å²) in [6, 6.07) is 19.7. The normalized spacial score (nSPS) is 16.7. The second-order valence-corrected chi connectivity index (χ2v) is 8.25. The van der Waals surface area contributed by atoms with Crippen LogP contribution in [0.25, 0.3) is 10.8 Å². The Balaban J connectivity index is 0.00000289. The van der Waals surface area contributed by atoms with Crippen molar-refractivity contribution in [2.45, 2.75) is 45.3 Å². The van der Waals surface area contributed by atoms with E-state index in [4.69, 9.17) is 0 Å². The van der Waals surface area contributed by atoms with E-state index in [2.05, 4.69) is 47.9 Å². The summed E-state index contributed by atoms with van der Waals surface area (Å²) >= 11 is 0. The number of aryl methyl sites for hydroxylation is 2. The first kappa shape index (κ1) is 23.8. The van der Waals surface area contributed by atoms with Crippen LogP contribution in [0.4, 0.5) is 5.69 Å². The molecular formula is C26H30ClN3O2. The van der Waals surface area contributed by atoms with E-state index in [1.165, 1.54) is 0 Å². The van der Waals surface area contributed by atoms with Gasteiger partial charge in [-0.1, -0.05) is 54.6 Å². The summed E-state index contributed by atoms with van der Waals surface area (Å²) in [5.41, 5.74) is 4.35. The summed E-state index contributed by atoms with van der Waals surface area (Å²) in [7, 11) is 1.74. The van der Waals surface area contributed by atoms with Crippen molar-refractivity contribution in [1.82, 2.24) is 10.6 Å². The van der Waals surface area contributed by atoms with Crippen LogP contribution < -0.4 is 15.5 Å². The Bertz CT molecular complexity index is 1130. The van der Waals surface area contributed by atoms with Crippen molar-refractivity contribution in [2.75, 3.05) is 11.9 Å². The van der Waals surface area contributed by atoms with Gasteiger partial charge in [-0.25, -0.2) is 0 Å². The summed E-state index contributed by atoms with van der Waals surface area (Å²) in [5, 5.41) is 8.23. The van der Waals surface area contributed by atoms with E-state index in [1.54, 1.807) is 14.0 Å². The summed E-state index contributed by atoms with van der Waals surface area (Å²) in [5.74, 6) is -0.220. The number of rotatable bonds is 5. The maximum Gasteiger partial charge on any atom is 0.249 e. The van der Waals surface area contributed by atoms with Crippen LogP contribution in [-0.2, 0) is 22.6 Å². The van der Waals surface area contributed by atoms with Crippen LogP contribution in [0, 0.1) is 6.92 Å². The number of likely N-dealkylation sites (N-methyl/N-ethyl adjacent to an activating group) is 1. The molecule has 0 aromatic heterocycles. The monoisotopic (exact) mass is 451 g/mol. The molecule has 2 amide bonds. The van der Waals surface area contributed by atoms with Gasteiger partial charge in [0.05, 0.1) is 12.6 Å². The third kappa shape index (κ3) is 4.64. The number of carbonyl (C=O) groups excluding carboxylic acids is 2. The van der Waals surface area contributed by atoms with E-state index in [-0.39, 0.29) is 30.3 Å². The zero-order valence-corrected chi connectivity index (χ0v) is 19.5. The van der Waals surface area contributed by atoms with Gasteiger partial charge in [0.25, 0.3) is 0 Å². The standard InChI is InChI=1S/C26H29N3O2.ClH/c1-17-12-13-19-8-4-6-10-21(19)22(17)16-29-24-11-7-5-9-20(24)14-15-23(26(29)31)28-25(30)18(2)27-3;/h4-13,18,23,27H,14-16H2,1-3H3,(H,28,30);1H. The predicted molar refractivity (Wildman–Crippen MR) is 132 cm³/mol. The first-order valence-corrected chi connectivity index (χ1v) is 10.8. The van der Waals surface area contributed by atoms with Crippen molar-refractivity contribution in [3.8, 4) is 0 Å². The second kappa shape index (κ2) is 10.2. The highest BCUT2D eigenvalue weighted by Gasteiger charge is 2.32. The minimum Gasteiger partial charge on any atom is -0.343 e. The Morgan fingerprint density at radius 2 is 1.81 bits per heavy atom. The van der Waals surface area contributed by atoms with Gasteiger partial charge < -0.3 is 15.5 Å². The van der Waals surface area contributed by atoms with Crippen molar-refractivity contribution in [3.63, 3.8) is 0 Å². The number of para-hydroxylation sites is 1. The van der Waals surface area contributed by atoms with E-state index < -0.39 is 6.04 Å². The molecule has 0 aliphatic carbocycles. The first-order chi connectivity index (χ1) is 15.0. The van der Waals surface area contributed by atoms with Crippen molar-refractivity contribution in [2.24, 2.45) is 0 Å². The molecule has 3 aromatic carbocycles. The number of carbonyl (C=O) groups is 2. The topological polar surface area (TPSA) is 61.4 Å². The van der Waals surface area contributed by atoms with E-state index in [0.29, 0.717) is 13.0 Å². The molecule has 6 heteroatoms. The molecule has 2 N–H and O–H groups in total. The van der Waals surface area contributed by atoms with E-state index in [9.17, 15) is 9.59 Å². The molecule has 2 unspecified atom stereocenters. The molecule has 3 aromatic rings. The van der Waals surface area contributed by atoms with Crippen LogP contribution in [0.2, 0.25) is 0 Å². The first-order valence-electron chi connectivity index (χ1n) is 10.8. The van der Waals surface area contributed by atoms with Crippen LogP contribution in [-0.4, -0.2) is 30.9 Å². The fourth-order valence-corrected chi connectivity index (χ4v) is 4.25. The number of fused-ring (bicyclic) bond motifs is 2. The molecule has 1 aliphatic rings. The molecule has 0 fully saturated rings. The molecule has 4 rings (SSSR count). The van der Waals surface area contributed by atoms with Gasteiger partial charge >= 0.3 is 0 Å². The summed E-state index contributed by atoms with van der Waals surface area (Å²) in [4.78, 5) is 28.1. The fraction of sp³-hybridized carbons (Fsp3) is 0.308. The third-order valence-electron chi connectivity index (χ3n) is 6.28. The van der Waals surface area contributed by atoms with Gasteiger partial charge in [-0.2, -0.15) is 0 Å². The number of anilines is 1. The maximum absolute atomic E-state index is 13.7. The molecule has 32 heavy (non-hydrogen) atoms. The van der Waals surface area contributed by atoms with Gasteiger partial charge in [0.15, 0.2) is 0 Å². The van der Waals surface area contributed by atoms with Gasteiger partial charge in [0.1, 0.15) is 6.04 Å². The number of nitrogens with zero attached hydrogens (tertiary/aromatic N) is 1. The zero-order chi connectivity index (χ0) is 22.0. The number of hydrogen-bond donors (Lipinski definition) is 2. The zero-order valence-electron chi connectivity index (χ0n) is 18.7. The summed E-state index contributed by atoms with van der Waals surface area (Å²) in [6.45, 7) is 4.35. The Morgan fingerprint density at radius 3 is 2.59 bits per heavy atom. The third-order valence-corrected chi connectivity index (χ3v) is 6.28. The minimum absolute atomic E-state index is 0. The Kier molecular flexibility index (Phi) is 7.54. The lowest BCUT2D eigenvalue weighted by molar-refractivity contribution is -0.128. The van der Waals surface area contributed by atoms with Crippen molar-refractivity contribution >= 4 is 40.7 Å². The number of hydrogen-bond acceptors (Lipinski definition) is 3. The molecule has 2 atom stereocenters. The molecule has 0 saturated heterocycles. The minimum atomic E-state index is -0.550. The summed E-state index contributed by atoms with van der Waals surface area (Å²) in [6.07, 6.45) is 1.33. The van der Waals surface area contributed by atoms with Crippen LogP contribution >= 0.6 is 12.4 Å². The van der Waals surface area contributed by atoms with Crippen molar-refractivity contribution in [1.29, 1.82) is 0 Å². The molecule has 0 radical (unpaired) electrons. The summed E-state index contributed by atoms with van der Waals surface area (Å²) < 4.78 is 0. The molecule has 0 spiro atoms. The van der Waals surface area contributed by atoms with Crippen LogP contribution in [0.1, 0.15) is 30.0 Å². The van der Waals surface area contributed by atoms with E-state index >= 15 is 0 Å². The highest BCUT2D eigenvalue weighted by atomic mass is 35.5. The SMILES string of the molecule is CNC(C)C(=O)NC1CCc2ccccc2N(Cc2c(C)ccc3ccccc23)C1=O.Cl. The van der Waals surface area contributed by atoms with Crippen molar-refractivity contribution in [3.05, 3.63) is 77.4 Å². The Labute approximate surface area is 195 Å². The van der Waals surface area contributed by atoms with Gasteiger partial charge in [-0.05, 0) is 67.3 Å². The van der Waals surface area contributed by atoms with E-state index in [0.717, 1.165) is 39.6 Å². The van der Waals surface area contributed by atoms with Gasteiger partial charge in [0.2, 0.25) is 11.8 Å². The van der Waals surface area contributed by atoms with Crippen LogP contribution in [0.5, 0.6) is 0 Å².